The van der Waals surface area contributed by atoms with E-state index in [-0.39, 0.29) is 12.3 Å². The normalized spacial score (nSPS) is 22.2. The van der Waals surface area contributed by atoms with Crippen LogP contribution in [0.2, 0.25) is 0 Å². The zero-order chi connectivity index (χ0) is 16.6. The van der Waals surface area contributed by atoms with Crippen LogP contribution in [-0.2, 0) is 16.8 Å². The number of hydrogen-bond donors (Lipinski definition) is 1. The minimum absolute atomic E-state index is 0.0839. The Balaban J connectivity index is 1.97. The summed E-state index contributed by atoms with van der Waals surface area (Å²) < 4.78 is 2.20. The van der Waals surface area contributed by atoms with Gasteiger partial charge in [0, 0.05) is 24.4 Å². The van der Waals surface area contributed by atoms with Crippen molar-refractivity contribution in [2.45, 2.75) is 24.3 Å². The van der Waals surface area contributed by atoms with Gasteiger partial charge in [0.05, 0.1) is 11.8 Å². The molecule has 120 valence electrons. The molecule has 0 saturated carbocycles. The van der Waals surface area contributed by atoms with Gasteiger partial charge in [0.1, 0.15) is 0 Å². The van der Waals surface area contributed by atoms with E-state index < -0.39 is 11.4 Å². The van der Waals surface area contributed by atoms with Crippen LogP contribution in [0.1, 0.15) is 29.2 Å². The van der Waals surface area contributed by atoms with E-state index in [2.05, 4.69) is 41.1 Å². The summed E-state index contributed by atoms with van der Waals surface area (Å²) in [6, 6.07) is 24.4. The van der Waals surface area contributed by atoms with Crippen LogP contribution in [0.15, 0.2) is 79.0 Å². The predicted molar refractivity (Wildman–Crippen MR) is 93.1 cm³/mol. The van der Waals surface area contributed by atoms with Crippen LogP contribution in [-0.4, -0.2) is 15.6 Å². The van der Waals surface area contributed by atoms with Crippen LogP contribution < -0.4 is 0 Å². The van der Waals surface area contributed by atoms with Gasteiger partial charge in [-0.2, -0.15) is 0 Å². The Kier molecular flexibility index (Phi) is 3.49. The molecule has 24 heavy (non-hydrogen) atoms. The number of fused-ring (bicyclic) bond motifs is 1. The highest BCUT2D eigenvalue weighted by Crippen LogP contribution is 2.52. The van der Waals surface area contributed by atoms with E-state index in [1.54, 1.807) is 0 Å². The summed E-state index contributed by atoms with van der Waals surface area (Å²) in [5.74, 6) is -0.664. The number of carboxylic acids is 1. The maximum absolute atomic E-state index is 11.8. The van der Waals surface area contributed by atoms with Crippen LogP contribution >= 0.6 is 0 Å². The number of carbonyl (C=O) groups is 1. The number of carboxylic acid groups (broad SMARTS) is 1. The zero-order valence-electron chi connectivity index (χ0n) is 13.3. The molecule has 1 aliphatic heterocycles. The summed E-state index contributed by atoms with van der Waals surface area (Å²) in [6.45, 7) is 0.800. The molecule has 0 bridgehead atoms. The van der Waals surface area contributed by atoms with Gasteiger partial charge in [0.15, 0.2) is 0 Å². The summed E-state index contributed by atoms with van der Waals surface area (Å²) >= 11 is 0. The van der Waals surface area contributed by atoms with Crippen molar-refractivity contribution < 1.29 is 9.90 Å². The minimum Gasteiger partial charge on any atom is -0.481 e. The average Bonchev–Trinajstić information content (AvgIpc) is 3.18. The van der Waals surface area contributed by atoms with Crippen LogP contribution in [0.25, 0.3) is 0 Å². The van der Waals surface area contributed by atoms with Gasteiger partial charge in [-0.3, -0.25) is 4.79 Å². The van der Waals surface area contributed by atoms with Gasteiger partial charge in [-0.05, 0) is 23.3 Å². The number of rotatable bonds is 4. The fourth-order valence-electron chi connectivity index (χ4n) is 4.22. The molecule has 0 aliphatic carbocycles. The van der Waals surface area contributed by atoms with Gasteiger partial charge in [-0.25, -0.2) is 0 Å². The number of nitrogens with zero attached hydrogens (tertiary/aromatic N) is 1. The highest BCUT2D eigenvalue weighted by Gasteiger charge is 2.50. The molecule has 2 atom stereocenters. The van der Waals surface area contributed by atoms with Crippen molar-refractivity contribution >= 4 is 5.97 Å². The smallest absolute Gasteiger partial charge is 0.304 e. The van der Waals surface area contributed by atoms with E-state index in [0.717, 1.165) is 17.8 Å². The monoisotopic (exact) mass is 317 g/mol. The Bertz CT molecular complexity index is 854. The van der Waals surface area contributed by atoms with Crippen molar-refractivity contribution in [3.05, 3.63) is 95.8 Å². The van der Waals surface area contributed by atoms with E-state index in [1.807, 2.05) is 42.5 Å². The fourth-order valence-corrected chi connectivity index (χ4v) is 4.22. The highest BCUT2D eigenvalue weighted by molar-refractivity contribution is 5.71. The summed E-state index contributed by atoms with van der Waals surface area (Å²) in [6.07, 6.45) is 2.14. The summed E-state index contributed by atoms with van der Waals surface area (Å²) in [5, 5.41) is 9.72. The van der Waals surface area contributed by atoms with Crippen molar-refractivity contribution in [2.24, 2.45) is 0 Å². The van der Waals surface area contributed by atoms with Crippen LogP contribution in [0.4, 0.5) is 0 Å². The lowest BCUT2D eigenvalue weighted by Crippen LogP contribution is -2.34. The second kappa shape index (κ2) is 5.68. The first kappa shape index (κ1) is 14.8. The minimum atomic E-state index is -0.769. The molecule has 1 N–H and O–H groups in total. The van der Waals surface area contributed by atoms with E-state index >= 15 is 0 Å². The third-order valence-electron chi connectivity index (χ3n) is 5.18. The molecule has 1 aliphatic rings. The Morgan fingerprint density at radius 2 is 1.67 bits per heavy atom. The van der Waals surface area contributed by atoms with Crippen LogP contribution in [0.3, 0.4) is 0 Å². The second-order valence-corrected chi connectivity index (χ2v) is 6.42. The van der Waals surface area contributed by atoms with Gasteiger partial charge in [-0.1, -0.05) is 60.7 Å². The Labute approximate surface area is 141 Å². The summed E-state index contributed by atoms with van der Waals surface area (Å²) in [5.41, 5.74) is 2.80. The molecular formula is C21H19NO2. The first-order valence-electron chi connectivity index (χ1n) is 8.20. The van der Waals surface area contributed by atoms with Gasteiger partial charge in [0.2, 0.25) is 0 Å². The Morgan fingerprint density at radius 3 is 2.33 bits per heavy atom. The highest BCUT2D eigenvalue weighted by atomic mass is 16.4. The number of hydrogen-bond acceptors (Lipinski definition) is 1. The topological polar surface area (TPSA) is 42.2 Å². The van der Waals surface area contributed by atoms with Gasteiger partial charge >= 0.3 is 5.97 Å². The molecule has 4 rings (SSSR count). The summed E-state index contributed by atoms with van der Waals surface area (Å²) in [4.78, 5) is 11.8. The molecule has 0 saturated heterocycles. The number of aromatic nitrogens is 1. The maximum Gasteiger partial charge on any atom is 0.304 e. The van der Waals surface area contributed by atoms with E-state index in [4.69, 9.17) is 0 Å². The SMILES string of the molecule is O=C(O)CC1(c2ccccc2)c2cccn2CC1c1ccccc1. The van der Waals surface area contributed by atoms with Crippen molar-refractivity contribution in [3.8, 4) is 0 Å². The Hall–Kier alpha value is -2.81. The molecule has 0 radical (unpaired) electrons. The molecule has 3 aromatic rings. The first-order valence-corrected chi connectivity index (χ1v) is 8.20. The molecule has 0 fully saturated rings. The molecule has 3 heteroatoms. The van der Waals surface area contributed by atoms with Crippen molar-refractivity contribution in [2.75, 3.05) is 0 Å². The largest absolute Gasteiger partial charge is 0.481 e. The second-order valence-electron chi connectivity index (χ2n) is 6.42. The molecular weight excluding hydrogens is 298 g/mol. The molecule has 2 heterocycles. The maximum atomic E-state index is 11.8. The zero-order valence-corrected chi connectivity index (χ0v) is 13.3. The molecule has 0 amide bonds. The average molecular weight is 317 g/mol. The first-order chi connectivity index (χ1) is 11.7. The number of aliphatic carboxylic acids is 1. The summed E-state index contributed by atoms with van der Waals surface area (Å²) in [7, 11) is 0. The third kappa shape index (κ3) is 2.16. The van der Waals surface area contributed by atoms with E-state index in [9.17, 15) is 9.90 Å². The molecule has 2 aromatic carbocycles. The van der Waals surface area contributed by atoms with Gasteiger partial charge in [-0.15, -0.1) is 0 Å². The van der Waals surface area contributed by atoms with E-state index in [0.29, 0.717) is 0 Å². The lowest BCUT2D eigenvalue weighted by atomic mass is 9.65. The van der Waals surface area contributed by atoms with E-state index in [1.165, 1.54) is 5.56 Å². The predicted octanol–water partition coefficient (Wildman–Crippen LogP) is 4.05. The quantitative estimate of drug-likeness (QED) is 0.789. The molecule has 2 unspecified atom stereocenters. The lowest BCUT2D eigenvalue weighted by Gasteiger charge is -2.35. The van der Waals surface area contributed by atoms with Crippen LogP contribution in [0, 0.1) is 0 Å². The van der Waals surface area contributed by atoms with Crippen LogP contribution in [0.5, 0.6) is 0 Å². The molecule has 0 spiro atoms. The van der Waals surface area contributed by atoms with Crippen molar-refractivity contribution in [1.82, 2.24) is 4.57 Å². The standard InChI is InChI=1S/C21H19NO2/c23-20(24)14-21(17-10-5-2-6-11-17)18(16-8-3-1-4-9-16)15-22-13-7-12-19(21)22/h1-13,18H,14-15H2,(H,23,24). The molecule has 3 nitrogen and oxygen atoms in total. The number of benzene rings is 2. The Morgan fingerprint density at radius 1 is 1.00 bits per heavy atom. The molecule has 1 aromatic heterocycles. The lowest BCUT2D eigenvalue weighted by molar-refractivity contribution is -0.138. The van der Waals surface area contributed by atoms with Gasteiger partial charge in [0.25, 0.3) is 0 Å². The fraction of sp³-hybridized carbons (Fsp3) is 0.190. The van der Waals surface area contributed by atoms with Crippen molar-refractivity contribution in [1.29, 1.82) is 0 Å². The third-order valence-corrected chi connectivity index (χ3v) is 5.18. The van der Waals surface area contributed by atoms with Gasteiger partial charge < -0.3 is 9.67 Å². The van der Waals surface area contributed by atoms with Crippen molar-refractivity contribution in [3.63, 3.8) is 0 Å².